The molecule has 0 bridgehead atoms. The standard InChI is InChI=1S/C12H18N2O3S/c1-14(11-6-7-18(15,16)9-11)8-10-4-3-5-12(13-10)17-2/h3-5,11H,6-9H2,1-2H3/t11-/m0/s1. The Morgan fingerprint density at radius 2 is 2.28 bits per heavy atom. The topological polar surface area (TPSA) is 59.5 Å². The highest BCUT2D eigenvalue weighted by Crippen LogP contribution is 2.18. The number of ether oxygens (including phenoxy) is 1. The molecule has 0 radical (unpaired) electrons. The molecule has 2 heterocycles. The number of pyridine rings is 1. The normalized spacial score (nSPS) is 22.3. The first-order valence-electron chi connectivity index (χ1n) is 5.91. The van der Waals surface area contributed by atoms with Crippen LogP contribution in [0.4, 0.5) is 0 Å². The van der Waals surface area contributed by atoms with E-state index in [0.717, 1.165) is 5.69 Å². The molecule has 0 saturated carbocycles. The van der Waals surface area contributed by atoms with Crippen LogP contribution in [0.5, 0.6) is 5.88 Å². The Morgan fingerprint density at radius 3 is 2.89 bits per heavy atom. The van der Waals surface area contributed by atoms with Gasteiger partial charge in [0.05, 0.1) is 24.3 Å². The molecule has 100 valence electrons. The maximum Gasteiger partial charge on any atom is 0.213 e. The predicted molar refractivity (Wildman–Crippen MR) is 69.3 cm³/mol. The number of methoxy groups -OCH3 is 1. The van der Waals surface area contributed by atoms with Gasteiger partial charge in [0.1, 0.15) is 0 Å². The Hall–Kier alpha value is -1.14. The van der Waals surface area contributed by atoms with Gasteiger partial charge >= 0.3 is 0 Å². The minimum absolute atomic E-state index is 0.100. The van der Waals surface area contributed by atoms with Crippen molar-refractivity contribution in [1.82, 2.24) is 9.88 Å². The van der Waals surface area contributed by atoms with E-state index in [4.69, 9.17) is 4.74 Å². The number of hydrogen-bond donors (Lipinski definition) is 0. The highest BCUT2D eigenvalue weighted by molar-refractivity contribution is 7.91. The van der Waals surface area contributed by atoms with Crippen molar-refractivity contribution in [2.24, 2.45) is 0 Å². The summed E-state index contributed by atoms with van der Waals surface area (Å²) < 4.78 is 27.9. The van der Waals surface area contributed by atoms with Gasteiger partial charge in [-0.15, -0.1) is 0 Å². The van der Waals surface area contributed by atoms with E-state index in [-0.39, 0.29) is 11.8 Å². The Morgan fingerprint density at radius 1 is 1.50 bits per heavy atom. The Labute approximate surface area is 108 Å². The summed E-state index contributed by atoms with van der Waals surface area (Å²) in [6.45, 7) is 0.636. The summed E-state index contributed by atoms with van der Waals surface area (Å²) in [6.07, 6.45) is 0.711. The first kappa shape index (κ1) is 13.3. The summed E-state index contributed by atoms with van der Waals surface area (Å²) in [4.78, 5) is 6.37. The number of rotatable bonds is 4. The molecule has 1 saturated heterocycles. The van der Waals surface area contributed by atoms with Crippen LogP contribution in [-0.4, -0.2) is 50.0 Å². The average molecular weight is 270 g/mol. The van der Waals surface area contributed by atoms with E-state index in [1.165, 1.54) is 0 Å². The largest absolute Gasteiger partial charge is 0.481 e. The number of hydrogen-bond acceptors (Lipinski definition) is 5. The van der Waals surface area contributed by atoms with Crippen LogP contribution in [0.3, 0.4) is 0 Å². The van der Waals surface area contributed by atoms with Gasteiger partial charge in [-0.1, -0.05) is 6.07 Å². The molecule has 18 heavy (non-hydrogen) atoms. The second-order valence-corrected chi connectivity index (χ2v) is 6.87. The molecule has 1 aliphatic heterocycles. The summed E-state index contributed by atoms with van der Waals surface area (Å²) in [5, 5.41) is 0. The smallest absolute Gasteiger partial charge is 0.213 e. The first-order chi connectivity index (χ1) is 8.50. The van der Waals surface area contributed by atoms with Crippen LogP contribution in [0.25, 0.3) is 0 Å². The van der Waals surface area contributed by atoms with E-state index in [1.54, 1.807) is 13.2 Å². The second-order valence-electron chi connectivity index (χ2n) is 4.64. The molecule has 2 rings (SSSR count). The first-order valence-corrected chi connectivity index (χ1v) is 7.73. The molecule has 0 amide bonds. The van der Waals surface area contributed by atoms with Crippen LogP contribution < -0.4 is 4.74 Å². The number of sulfone groups is 1. The van der Waals surface area contributed by atoms with Gasteiger partial charge < -0.3 is 4.74 Å². The summed E-state index contributed by atoms with van der Waals surface area (Å²) in [5.41, 5.74) is 0.890. The fraction of sp³-hybridized carbons (Fsp3) is 0.583. The Balaban J connectivity index is 2.01. The van der Waals surface area contributed by atoms with Crippen molar-refractivity contribution >= 4 is 9.84 Å². The monoisotopic (exact) mass is 270 g/mol. The van der Waals surface area contributed by atoms with E-state index >= 15 is 0 Å². The van der Waals surface area contributed by atoms with E-state index in [1.807, 2.05) is 24.1 Å². The van der Waals surface area contributed by atoms with Crippen molar-refractivity contribution in [1.29, 1.82) is 0 Å². The fourth-order valence-electron chi connectivity index (χ4n) is 2.17. The van der Waals surface area contributed by atoms with Crippen LogP contribution in [0, 0.1) is 0 Å². The highest BCUT2D eigenvalue weighted by Gasteiger charge is 2.30. The maximum absolute atomic E-state index is 11.4. The Kier molecular flexibility index (Phi) is 3.87. The highest BCUT2D eigenvalue weighted by atomic mass is 32.2. The van der Waals surface area contributed by atoms with Gasteiger partial charge in [0.25, 0.3) is 0 Å². The van der Waals surface area contributed by atoms with Crippen LogP contribution in [0.15, 0.2) is 18.2 Å². The van der Waals surface area contributed by atoms with Crippen molar-refractivity contribution in [3.63, 3.8) is 0 Å². The SMILES string of the molecule is COc1cccc(CN(C)[C@H]2CCS(=O)(=O)C2)n1. The average Bonchev–Trinajstić information content (AvgIpc) is 2.70. The third kappa shape index (κ3) is 3.20. The lowest BCUT2D eigenvalue weighted by Crippen LogP contribution is -2.32. The van der Waals surface area contributed by atoms with E-state index in [0.29, 0.717) is 24.6 Å². The van der Waals surface area contributed by atoms with Crippen molar-refractivity contribution in [2.45, 2.75) is 19.0 Å². The van der Waals surface area contributed by atoms with Gasteiger partial charge in [0, 0.05) is 18.7 Å². The third-order valence-corrected chi connectivity index (χ3v) is 4.98. The molecule has 0 unspecified atom stereocenters. The number of aromatic nitrogens is 1. The lowest BCUT2D eigenvalue weighted by atomic mass is 10.2. The molecule has 0 aromatic carbocycles. The van der Waals surface area contributed by atoms with Crippen molar-refractivity contribution in [3.05, 3.63) is 23.9 Å². The minimum Gasteiger partial charge on any atom is -0.481 e. The molecule has 1 aromatic heterocycles. The molecular weight excluding hydrogens is 252 g/mol. The quantitative estimate of drug-likeness (QED) is 0.806. The number of nitrogens with zero attached hydrogens (tertiary/aromatic N) is 2. The van der Waals surface area contributed by atoms with Gasteiger partial charge in [-0.3, -0.25) is 4.90 Å². The third-order valence-electron chi connectivity index (χ3n) is 3.23. The summed E-state index contributed by atoms with van der Waals surface area (Å²) in [5.74, 6) is 1.14. The minimum atomic E-state index is -2.83. The van der Waals surface area contributed by atoms with E-state index in [9.17, 15) is 8.42 Å². The fourth-order valence-corrected chi connectivity index (χ4v) is 3.97. The molecular formula is C12H18N2O3S. The molecule has 0 N–H and O–H groups in total. The zero-order valence-corrected chi connectivity index (χ0v) is 11.5. The van der Waals surface area contributed by atoms with Crippen molar-refractivity contribution < 1.29 is 13.2 Å². The summed E-state index contributed by atoms with van der Waals surface area (Å²) in [6, 6.07) is 5.70. The predicted octanol–water partition coefficient (Wildman–Crippen LogP) is 0.709. The van der Waals surface area contributed by atoms with Gasteiger partial charge in [-0.2, -0.15) is 0 Å². The zero-order chi connectivity index (χ0) is 13.2. The molecule has 5 nitrogen and oxygen atoms in total. The lowest BCUT2D eigenvalue weighted by molar-refractivity contribution is 0.250. The van der Waals surface area contributed by atoms with Crippen LogP contribution in [-0.2, 0) is 16.4 Å². The van der Waals surface area contributed by atoms with E-state index in [2.05, 4.69) is 4.98 Å². The van der Waals surface area contributed by atoms with Crippen molar-refractivity contribution in [2.75, 3.05) is 25.7 Å². The van der Waals surface area contributed by atoms with Gasteiger partial charge in [0.15, 0.2) is 9.84 Å². The lowest BCUT2D eigenvalue weighted by Gasteiger charge is -2.22. The molecule has 1 aliphatic rings. The maximum atomic E-state index is 11.4. The van der Waals surface area contributed by atoms with Gasteiger partial charge in [-0.25, -0.2) is 13.4 Å². The van der Waals surface area contributed by atoms with Crippen LogP contribution in [0.1, 0.15) is 12.1 Å². The van der Waals surface area contributed by atoms with Crippen LogP contribution >= 0.6 is 0 Å². The van der Waals surface area contributed by atoms with Gasteiger partial charge in [0.2, 0.25) is 5.88 Å². The van der Waals surface area contributed by atoms with Gasteiger partial charge in [-0.05, 0) is 19.5 Å². The second kappa shape index (κ2) is 5.24. The van der Waals surface area contributed by atoms with E-state index < -0.39 is 9.84 Å². The summed E-state index contributed by atoms with van der Waals surface area (Å²) >= 11 is 0. The van der Waals surface area contributed by atoms with Crippen LogP contribution in [0.2, 0.25) is 0 Å². The molecule has 1 atom stereocenters. The molecule has 1 fully saturated rings. The zero-order valence-electron chi connectivity index (χ0n) is 10.7. The molecule has 1 aromatic rings. The van der Waals surface area contributed by atoms with Crippen molar-refractivity contribution in [3.8, 4) is 5.88 Å². The molecule has 0 aliphatic carbocycles. The Bertz CT molecular complexity index is 516. The molecule has 0 spiro atoms. The molecule has 6 heteroatoms. The summed E-state index contributed by atoms with van der Waals surface area (Å²) in [7, 11) is 0.688.